The first-order valence-electron chi connectivity index (χ1n) is 22.4. The van der Waals surface area contributed by atoms with Crippen molar-refractivity contribution in [1.29, 1.82) is 0 Å². The molecular weight excluding hydrogens is 996 g/mol. The molecule has 5 aromatic rings. The number of nitrogens with two attached hydrogens (primary N) is 2. The minimum absolute atomic E-state index is 0. The first-order valence-corrected chi connectivity index (χ1v) is 25.8. The lowest BCUT2D eigenvalue weighted by Gasteiger charge is -2.32. The second-order valence-corrected chi connectivity index (χ2v) is 19.1. The number of ether oxygens (including phenoxy) is 2. The summed E-state index contributed by atoms with van der Waals surface area (Å²) in [4.78, 5) is 37.7. The molecule has 0 saturated carbocycles. The van der Waals surface area contributed by atoms with Crippen LogP contribution in [-0.2, 0) is 0 Å². The predicted octanol–water partition coefficient (Wildman–Crippen LogP) is 11.5. The van der Waals surface area contributed by atoms with Crippen LogP contribution in [0.1, 0.15) is 90.6 Å². The zero-order valence-corrected chi connectivity index (χ0v) is 44.7. The number of thiazole rings is 1. The number of aryl methyl sites for hydroxylation is 2. The monoisotopic (exact) mass is 1060 g/mol. The number of rotatable bonds is 14. The zero-order valence-electron chi connectivity index (χ0n) is 39.3. The van der Waals surface area contributed by atoms with Gasteiger partial charge < -0.3 is 31.6 Å². The van der Waals surface area contributed by atoms with Gasteiger partial charge in [-0.3, -0.25) is 19.4 Å². The summed E-state index contributed by atoms with van der Waals surface area (Å²) in [6, 6.07) is 30.7. The number of thioether (sulfide) groups is 1. The lowest BCUT2D eigenvalue weighted by atomic mass is 10.1. The van der Waals surface area contributed by atoms with E-state index in [9.17, 15) is 9.59 Å². The number of aromatic nitrogens is 1. The molecule has 7 rings (SSSR count). The summed E-state index contributed by atoms with van der Waals surface area (Å²) in [5, 5.41) is 8.14. The number of halogens is 1. The van der Waals surface area contributed by atoms with E-state index in [1.807, 2.05) is 112 Å². The Labute approximate surface area is 429 Å². The van der Waals surface area contributed by atoms with Crippen LogP contribution in [0.15, 0.2) is 102 Å². The highest BCUT2D eigenvalue weighted by Crippen LogP contribution is 2.31. The van der Waals surface area contributed by atoms with Gasteiger partial charge in [-0.2, -0.15) is 14.9 Å². The van der Waals surface area contributed by atoms with Gasteiger partial charge in [0.25, 0.3) is 0 Å². The second kappa shape index (κ2) is 30.3. The number of nitrogens with zero attached hydrogens (tertiary/aromatic N) is 4. The smallest absolute Gasteiger partial charge is 0.206 e. The van der Waals surface area contributed by atoms with Crippen LogP contribution in [0.3, 0.4) is 0 Å². The summed E-state index contributed by atoms with van der Waals surface area (Å²) in [5.74, 6) is 2.90. The number of benzene rings is 4. The van der Waals surface area contributed by atoms with Crippen molar-refractivity contribution in [2.24, 2.45) is 10.7 Å². The molecule has 3 unspecified atom stereocenters. The zero-order chi connectivity index (χ0) is 47.4. The number of thiocarbonyl (C=S) groups is 1. The highest BCUT2D eigenvalue weighted by atomic mass is 79.9. The third-order valence-corrected chi connectivity index (χ3v) is 13.1. The summed E-state index contributed by atoms with van der Waals surface area (Å²) >= 11 is 11.0. The minimum Gasteiger partial charge on any atom is -0.489 e. The maximum Gasteiger partial charge on any atom is 0.206 e. The maximum atomic E-state index is 12.8. The summed E-state index contributed by atoms with van der Waals surface area (Å²) in [5.41, 5.74) is 17.1. The van der Waals surface area contributed by atoms with Crippen LogP contribution < -0.4 is 31.6 Å². The molecule has 0 bridgehead atoms. The first kappa shape index (κ1) is 57.9. The Balaban J connectivity index is 0.000000294. The molecule has 12 nitrogen and oxygen atoms in total. The van der Waals surface area contributed by atoms with E-state index in [2.05, 4.69) is 60.2 Å². The summed E-state index contributed by atoms with van der Waals surface area (Å²) in [6.07, 6.45) is 5.08. The molecule has 1 aromatic heterocycles. The van der Waals surface area contributed by atoms with Crippen molar-refractivity contribution in [3.8, 4) is 11.5 Å². The number of carbonyl (C=O) groups is 2. The molecule has 2 fully saturated rings. The number of hydrogen-bond acceptors (Lipinski definition) is 12. The van der Waals surface area contributed by atoms with Crippen molar-refractivity contribution < 1.29 is 19.1 Å². The summed E-state index contributed by atoms with van der Waals surface area (Å²) in [7, 11) is 0. The number of nitrogen functional groups attached to an aromatic ring is 1. The van der Waals surface area contributed by atoms with Crippen molar-refractivity contribution in [1.82, 2.24) is 14.8 Å². The van der Waals surface area contributed by atoms with Crippen molar-refractivity contribution >= 4 is 105 Å². The number of amidine groups is 1. The third-order valence-electron chi connectivity index (χ3n) is 10.7. The molecule has 2 aliphatic heterocycles. The number of likely N-dealkylation sites (tertiary alicyclic amines) is 2. The van der Waals surface area contributed by atoms with Crippen molar-refractivity contribution in [3.63, 3.8) is 0 Å². The van der Waals surface area contributed by atoms with Crippen molar-refractivity contribution in [2.45, 2.75) is 79.9 Å². The average Bonchev–Trinajstić information content (AvgIpc) is 3.69. The Kier molecular flexibility index (Phi) is 25.8. The Hall–Kier alpha value is -4.41. The van der Waals surface area contributed by atoms with Crippen LogP contribution in [0.2, 0.25) is 0 Å². The van der Waals surface area contributed by atoms with E-state index in [0.717, 1.165) is 90.9 Å². The highest BCUT2D eigenvalue weighted by molar-refractivity contribution is 9.09. The molecule has 0 aliphatic carbocycles. The molecule has 4 aromatic carbocycles. The molecule has 2 aliphatic rings. The number of Topliss-reactive ketones (excluding diaryl/α,β-unsaturated/α-hetero) is 1. The Morgan fingerprint density at radius 1 is 0.838 bits per heavy atom. The van der Waals surface area contributed by atoms with Crippen LogP contribution in [-0.4, -0.2) is 99.2 Å². The van der Waals surface area contributed by atoms with E-state index >= 15 is 0 Å². The standard InChI is InChI=1S/C24H28N4O2S.C17H26N4OS2.C9H9BrO.CH4.H3P/c1-3-28-13-5-8-20(15-28)30-19-11-9-18(10-12-19)26-24-27-23(25)22(31-24)21(29)17-7-4-6-16(2)14-17;1-3-21-11-5-6-15(12-21)22-14-9-7-13(8-10-14)19-17(23)20-16(18)24-4-2;1-7-3-2-4-8(5-7)9(11)6-10;;/h4,6-7,9-12,14,20H,3,5,8,13,15,25H2,1-2H3,(H,26,27);7-10,15H,3-6,11-12H2,1-2H3,(H3,18,19,20,23);2-5H,6H2,1H3;1H4;1H3. The van der Waals surface area contributed by atoms with Gasteiger partial charge in [-0.15, -0.1) is 0 Å². The fraction of sp³-hybridized carbons (Fsp3) is 0.392. The normalized spacial score (nSPS) is 15.9. The van der Waals surface area contributed by atoms with Gasteiger partial charge >= 0.3 is 0 Å². The molecule has 3 heterocycles. The van der Waals surface area contributed by atoms with Gasteiger partial charge in [0.1, 0.15) is 34.4 Å². The molecule has 368 valence electrons. The van der Waals surface area contributed by atoms with Crippen LogP contribution in [0.5, 0.6) is 11.5 Å². The third kappa shape index (κ3) is 19.2. The number of nitrogens with one attached hydrogen (secondary N) is 2. The Bertz CT molecular complexity index is 2370. The van der Waals surface area contributed by atoms with E-state index in [1.54, 1.807) is 6.07 Å². The van der Waals surface area contributed by atoms with Gasteiger partial charge in [0, 0.05) is 35.6 Å². The molecule has 0 amide bonds. The van der Waals surface area contributed by atoms with Gasteiger partial charge in [-0.05, 0) is 144 Å². The van der Waals surface area contributed by atoms with Gasteiger partial charge in [0.15, 0.2) is 21.2 Å². The number of anilines is 4. The van der Waals surface area contributed by atoms with Crippen LogP contribution in [0, 0.1) is 13.8 Å². The second-order valence-electron chi connectivity index (χ2n) is 15.9. The van der Waals surface area contributed by atoms with E-state index in [0.29, 0.717) is 31.2 Å². The average molecular weight is 1070 g/mol. The van der Waals surface area contributed by atoms with Crippen molar-refractivity contribution in [2.75, 3.05) is 66.7 Å². The number of likely N-dealkylation sites (N-methyl/N-ethyl adjacent to an activating group) is 2. The van der Waals surface area contributed by atoms with Gasteiger partial charge in [-0.25, -0.2) is 4.98 Å². The largest absolute Gasteiger partial charge is 0.489 e. The fourth-order valence-electron chi connectivity index (χ4n) is 7.33. The Morgan fingerprint density at radius 2 is 1.35 bits per heavy atom. The molecule has 68 heavy (non-hydrogen) atoms. The molecule has 3 atom stereocenters. The lowest BCUT2D eigenvalue weighted by Crippen LogP contribution is -2.40. The highest BCUT2D eigenvalue weighted by Gasteiger charge is 2.22. The van der Waals surface area contributed by atoms with Crippen LogP contribution in [0.25, 0.3) is 0 Å². The van der Waals surface area contributed by atoms with E-state index in [1.165, 1.54) is 42.5 Å². The van der Waals surface area contributed by atoms with E-state index < -0.39 is 0 Å². The Morgan fingerprint density at radius 3 is 1.85 bits per heavy atom. The number of aliphatic imine (C=N–C) groups is 1. The van der Waals surface area contributed by atoms with Gasteiger partial charge in [0.2, 0.25) is 5.78 Å². The maximum absolute atomic E-state index is 12.8. The SMILES string of the molecule is C.CCN1CCCC(Oc2ccc(Nc3nc(N)c(C(=O)c4cccc(C)c4)s3)cc2)C1.CCSC(N)=NC(=S)Nc1ccc(OC2CCCN(CC)C2)cc1.Cc1cccc(C(=O)CBr)c1.P. The molecular formula is C51H70BrN8O4PS3. The van der Waals surface area contributed by atoms with Crippen LogP contribution >= 0.6 is 61.1 Å². The van der Waals surface area contributed by atoms with E-state index in [4.69, 9.17) is 33.2 Å². The predicted molar refractivity (Wildman–Crippen MR) is 302 cm³/mol. The van der Waals surface area contributed by atoms with Gasteiger partial charge in [0.05, 0.1) is 5.33 Å². The number of hydrogen-bond donors (Lipinski definition) is 4. The minimum atomic E-state index is -0.107. The quantitative estimate of drug-likeness (QED) is 0.0208. The summed E-state index contributed by atoms with van der Waals surface area (Å²) in [6.45, 7) is 16.8. The number of carbonyl (C=O) groups excluding carboxylic acids is 2. The molecule has 2 saturated heterocycles. The molecule has 17 heteroatoms. The lowest BCUT2D eigenvalue weighted by molar-refractivity contribution is 0.0919. The number of alkyl halides is 1. The topological polar surface area (TPSA) is 160 Å². The molecule has 0 spiro atoms. The van der Waals surface area contributed by atoms with Crippen LogP contribution in [0.4, 0.5) is 22.3 Å². The first-order chi connectivity index (χ1) is 31.8. The summed E-state index contributed by atoms with van der Waals surface area (Å²) < 4.78 is 12.2. The van der Waals surface area contributed by atoms with Gasteiger partial charge in [-0.1, -0.05) is 115 Å². The number of ketones is 2. The number of piperidine rings is 2. The van der Waals surface area contributed by atoms with Crippen molar-refractivity contribution in [3.05, 3.63) is 124 Å². The molecule has 0 radical (unpaired) electrons. The van der Waals surface area contributed by atoms with E-state index in [-0.39, 0.29) is 46.9 Å². The molecule has 6 N–H and O–H groups in total. The fourth-order valence-corrected chi connectivity index (χ4v) is 9.24.